The number of anilines is 1. The summed E-state index contributed by atoms with van der Waals surface area (Å²) >= 11 is 3.36. The summed E-state index contributed by atoms with van der Waals surface area (Å²) in [4.78, 5) is 12.5. The summed E-state index contributed by atoms with van der Waals surface area (Å²) in [5, 5.41) is 4.35. The van der Waals surface area contributed by atoms with Crippen LogP contribution in [0.5, 0.6) is 0 Å². The first-order valence-electron chi connectivity index (χ1n) is 10.4. The van der Waals surface area contributed by atoms with Crippen LogP contribution < -0.4 is 9.73 Å². The van der Waals surface area contributed by atoms with Crippen LogP contribution in [0.3, 0.4) is 0 Å². The van der Waals surface area contributed by atoms with Crippen molar-refractivity contribution in [3.05, 3.63) is 28.7 Å². The van der Waals surface area contributed by atoms with Gasteiger partial charge in [-0.25, -0.2) is 13.8 Å². The molecule has 8 heteroatoms. The average molecular weight is 486 g/mol. The first-order valence-corrected chi connectivity index (χ1v) is 13.1. The van der Waals surface area contributed by atoms with Crippen LogP contribution in [0.25, 0.3) is 0 Å². The number of nitrogens with zero attached hydrogens (tertiary/aromatic N) is 2. The molecule has 1 aromatic rings. The molecule has 0 bridgehead atoms. The lowest BCUT2D eigenvalue weighted by Crippen LogP contribution is -2.39. The Morgan fingerprint density at radius 3 is 2.03 bits per heavy atom. The van der Waals surface area contributed by atoms with Gasteiger partial charge in [0.05, 0.1) is 11.9 Å². The van der Waals surface area contributed by atoms with E-state index < -0.39 is 15.9 Å². The molecule has 1 amide bonds. The largest absolute Gasteiger partial charge is 0.271 e. The minimum atomic E-state index is -3.61. The molecule has 0 saturated heterocycles. The SMILES string of the molecule is CS(=O)(=O)N(CC(=O)NN=C1CCCCCCCCCCC1)c1ccccc1Br. The van der Waals surface area contributed by atoms with Gasteiger partial charge in [-0.2, -0.15) is 5.10 Å². The molecule has 1 N–H and O–H groups in total. The highest BCUT2D eigenvalue weighted by Gasteiger charge is 2.22. The van der Waals surface area contributed by atoms with Gasteiger partial charge < -0.3 is 0 Å². The van der Waals surface area contributed by atoms with Crippen LogP contribution >= 0.6 is 15.9 Å². The molecule has 0 aliphatic heterocycles. The van der Waals surface area contributed by atoms with Crippen LogP contribution in [0.15, 0.2) is 33.8 Å². The van der Waals surface area contributed by atoms with Gasteiger partial charge in [-0.05, 0) is 53.7 Å². The number of benzene rings is 1. The molecule has 6 nitrogen and oxygen atoms in total. The van der Waals surface area contributed by atoms with Gasteiger partial charge in [0.25, 0.3) is 5.91 Å². The summed E-state index contributed by atoms with van der Waals surface area (Å²) in [6, 6.07) is 6.94. The Balaban J connectivity index is 2.01. The summed E-state index contributed by atoms with van der Waals surface area (Å²) in [5.41, 5.74) is 4.02. The second-order valence-electron chi connectivity index (χ2n) is 7.62. The number of sulfonamides is 1. The van der Waals surface area contributed by atoms with Crippen molar-refractivity contribution in [3.8, 4) is 0 Å². The zero-order chi connectivity index (χ0) is 21.1. The van der Waals surface area contributed by atoms with E-state index >= 15 is 0 Å². The number of para-hydroxylation sites is 1. The lowest BCUT2D eigenvalue weighted by atomic mass is 10.00. The molecule has 0 unspecified atom stereocenters. The highest BCUT2D eigenvalue weighted by molar-refractivity contribution is 9.10. The van der Waals surface area contributed by atoms with E-state index in [4.69, 9.17) is 0 Å². The highest BCUT2D eigenvalue weighted by Crippen LogP contribution is 2.27. The van der Waals surface area contributed by atoms with Crippen molar-refractivity contribution in [1.82, 2.24) is 5.43 Å². The second kappa shape index (κ2) is 12.3. The van der Waals surface area contributed by atoms with E-state index in [9.17, 15) is 13.2 Å². The molecule has 1 saturated carbocycles. The molecule has 0 spiro atoms. The molecule has 1 aliphatic rings. The van der Waals surface area contributed by atoms with Crippen molar-refractivity contribution in [2.24, 2.45) is 5.10 Å². The maximum absolute atomic E-state index is 12.5. The van der Waals surface area contributed by atoms with Gasteiger partial charge >= 0.3 is 0 Å². The predicted octanol–water partition coefficient (Wildman–Crippen LogP) is 4.99. The summed E-state index contributed by atoms with van der Waals surface area (Å²) in [6.07, 6.45) is 13.9. The summed E-state index contributed by atoms with van der Waals surface area (Å²) in [5.74, 6) is -0.440. The van der Waals surface area contributed by atoms with E-state index in [0.717, 1.165) is 42.0 Å². The van der Waals surface area contributed by atoms with E-state index in [2.05, 4.69) is 26.5 Å². The molecule has 0 atom stereocenters. The molecular formula is C21H32BrN3O3S. The Hall–Kier alpha value is -1.41. The molecule has 1 fully saturated rings. The number of nitrogens with one attached hydrogen (secondary N) is 1. The van der Waals surface area contributed by atoms with Crippen molar-refractivity contribution in [2.45, 2.75) is 70.6 Å². The number of halogens is 1. The normalized spacial score (nSPS) is 17.0. The zero-order valence-electron chi connectivity index (χ0n) is 17.2. The summed E-state index contributed by atoms with van der Waals surface area (Å²) < 4.78 is 26.2. The van der Waals surface area contributed by atoms with Crippen LogP contribution in [0, 0.1) is 0 Å². The molecule has 0 radical (unpaired) electrons. The zero-order valence-corrected chi connectivity index (χ0v) is 19.6. The van der Waals surface area contributed by atoms with Crippen LogP contribution in [0.2, 0.25) is 0 Å². The fourth-order valence-corrected chi connectivity index (χ4v) is 4.96. The van der Waals surface area contributed by atoms with Gasteiger partial charge in [0, 0.05) is 10.2 Å². The Labute approximate surface area is 183 Å². The number of carbonyl (C=O) groups excluding carboxylic acids is 1. The second-order valence-corrected chi connectivity index (χ2v) is 10.4. The third kappa shape index (κ3) is 8.86. The molecule has 0 aromatic heterocycles. The average Bonchev–Trinajstić information content (AvgIpc) is 2.65. The van der Waals surface area contributed by atoms with Crippen LogP contribution in [0.1, 0.15) is 70.6 Å². The third-order valence-electron chi connectivity index (χ3n) is 5.08. The van der Waals surface area contributed by atoms with Gasteiger partial charge in [-0.1, -0.05) is 57.1 Å². The van der Waals surface area contributed by atoms with Gasteiger partial charge in [-0.15, -0.1) is 0 Å². The maximum atomic E-state index is 12.5. The molecule has 162 valence electrons. The van der Waals surface area contributed by atoms with Crippen molar-refractivity contribution in [2.75, 3.05) is 17.1 Å². The molecular weight excluding hydrogens is 454 g/mol. The Bertz CT molecular complexity index is 782. The molecule has 1 aliphatic carbocycles. The van der Waals surface area contributed by atoms with Crippen LogP contribution in [-0.4, -0.2) is 32.8 Å². The van der Waals surface area contributed by atoms with E-state index in [1.54, 1.807) is 24.3 Å². The van der Waals surface area contributed by atoms with Gasteiger partial charge in [0.1, 0.15) is 6.54 Å². The van der Waals surface area contributed by atoms with E-state index in [0.29, 0.717) is 10.2 Å². The number of hydrogen-bond acceptors (Lipinski definition) is 4. The summed E-state index contributed by atoms with van der Waals surface area (Å²) in [7, 11) is -3.61. The number of carbonyl (C=O) groups is 1. The minimum absolute atomic E-state index is 0.307. The number of hydrazone groups is 1. The topological polar surface area (TPSA) is 78.8 Å². The minimum Gasteiger partial charge on any atom is -0.271 e. The maximum Gasteiger partial charge on any atom is 0.260 e. The molecule has 1 aromatic carbocycles. The van der Waals surface area contributed by atoms with Crippen LogP contribution in [0.4, 0.5) is 5.69 Å². The lowest BCUT2D eigenvalue weighted by molar-refractivity contribution is -0.119. The molecule has 2 rings (SSSR count). The highest BCUT2D eigenvalue weighted by atomic mass is 79.9. The monoisotopic (exact) mass is 485 g/mol. The Morgan fingerprint density at radius 2 is 1.52 bits per heavy atom. The smallest absolute Gasteiger partial charge is 0.260 e. The summed E-state index contributed by atoms with van der Waals surface area (Å²) in [6.45, 7) is -0.307. The quantitative estimate of drug-likeness (QED) is 0.596. The molecule has 0 heterocycles. The van der Waals surface area contributed by atoms with E-state index in [1.807, 2.05) is 0 Å². The van der Waals surface area contributed by atoms with Gasteiger partial charge in [0.2, 0.25) is 10.0 Å². The van der Waals surface area contributed by atoms with Crippen molar-refractivity contribution in [1.29, 1.82) is 0 Å². The van der Waals surface area contributed by atoms with Crippen LogP contribution in [-0.2, 0) is 14.8 Å². The standard InChI is InChI=1S/C21H32BrN3O3S/c1-29(27,28)25(20-16-12-11-15-19(20)22)17-21(26)24-23-18-13-9-7-5-3-2-4-6-8-10-14-18/h11-12,15-16H,2-10,13-14,17H2,1H3,(H,24,26). The predicted molar refractivity (Wildman–Crippen MR) is 123 cm³/mol. The third-order valence-corrected chi connectivity index (χ3v) is 6.88. The van der Waals surface area contributed by atoms with Crippen molar-refractivity contribution < 1.29 is 13.2 Å². The molecule has 29 heavy (non-hydrogen) atoms. The van der Waals surface area contributed by atoms with Crippen molar-refractivity contribution in [3.63, 3.8) is 0 Å². The first kappa shape index (κ1) is 23.9. The lowest BCUT2D eigenvalue weighted by Gasteiger charge is -2.22. The van der Waals surface area contributed by atoms with Crippen molar-refractivity contribution >= 4 is 43.3 Å². The first-order chi connectivity index (χ1) is 13.9. The number of rotatable bonds is 5. The fourth-order valence-electron chi connectivity index (χ4n) is 3.47. The Kier molecular flexibility index (Phi) is 10.1. The van der Waals surface area contributed by atoms with E-state index in [1.165, 1.54) is 44.9 Å². The number of hydrogen-bond donors (Lipinski definition) is 1. The van der Waals surface area contributed by atoms with Gasteiger partial charge in [-0.3, -0.25) is 9.10 Å². The fraction of sp³-hybridized carbons (Fsp3) is 0.619. The van der Waals surface area contributed by atoms with E-state index in [-0.39, 0.29) is 6.54 Å². The van der Waals surface area contributed by atoms with Gasteiger partial charge in [0.15, 0.2) is 0 Å². The Morgan fingerprint density at radius 1 is 1.00 bits per heavy atom. The number of amides is 1.